The number of hydrogen-bond donors (Lipinski definition) is 2. The lowest BCUT2D eigenvalue weighted by Gasteiger charge is -1.97. The first-order valence-electron chi connectivity index (χ1n) is 8.49. The van der Waals surface area contributed by atoms with E-state index in [4.69, 9.17) is 16.0 Å². The lowest BCUT2D eigenvalue weighted by atomic mass is 10.1. The van der Waals surface area contributed by atoms with E-state index in [1.807, 2.05) is 54.6 Å². The molecule has 4 rings (SSSR count). The first-order chi connectivity index (χ1) is 13.7. The van der Waals surface area contributed by atoms with E-state index in [1.165, 1.54) is 6.21 Å². The molecule has 0 saturated carbocycles. The maximum atomic E-state index is 12.2. The maximum absolute atomic E-state index is 12.2. The molecule has 4 aromatic rings. The van der Waals surface area contributed by atoms with Gasteiger partial charge in [-0.1, -0.05) is 54.1 Å². The molecule has 1 amide bonds. The lowest BCUT2D eigenvalue weighted by Crippen LogP contribution is -2.17. The summed E-state index contributed by atoms with van der Waals surface area (Å²) in [6.07, 6.45) is 1.43. The Balaban J connectivity index is 1.40. The fraction of sp³-hybridized carbons (Fsp3) is 0. The number of amides is 1. The molecule has 138 valence electrons. The van der Waals surface area contributed by atoms with Gasteiger partial charge in [-0.3, -0.25) is 9.89 Å². The van der Waals surface area contributed by atoms with Gasteiger partial charge in [0.15, 0.2) is 0 Å². The third-order valence-corrected chi connectivity index (χ3v) is 4.22. The van der Waals surface area contributed by atoms with Gasteiger partial charge >= 0.3 is 0 Å². The summed E-state index contributed by atoms with van der Waals surface area (Å²) in [6.45, 7) is 0. The van der Waals surface area contributed by atoms with Gasteiger partial charge in [-0.25, -0.2) is 5.43 Å². The number of rotatable bonds is 5. The minimum Gasteiger partial charge on any atom is -0.455 e. The molecule has 0 atom stereocenters. The number of benzene rings is 2. The second kappa shape index (κ2) is 7.94. The number of hydrazone groups is 1. The van der Waals surface area contributed by atoms with Crippen LogP contribution in [0.1, 0.15) is 16.2 Å². The maximum Gasteiger partial charge on any atom is 0.289 e. The Labute approximate surface area is 165 Å². The van der Waals surface area contributed by atoms with E-state index in [2.05, 4.69) is 20.7 Å². The molecular weight excluding hydrogens is 376 g/mol. The average molecular weight is 391 g/mol. The van der Waals surface area contributed by atoms with Crippen molar-refractivity contribution in [1.82, 2.24) is 15.6 Å². The number of H-pyrrole nitrogens is 1. The molecule has 2 aromatic carbocycles. The van der Waals surface area contributed by atoms with Gasteiger partial charge in [0, 0.05) is 16.1 Å². The molecule has 0 bridgehead atoms. The number of aromatic nitrogens is 2. The summed E-state index contributed by atoms with van der Waals surface area (Å²) < 4.78 is 5.69. The van der Waals surface area contributed by atoms with Gasteiger partial charge in [0.1, 0.15) is 17.2 Å². The summed E-state index contributed by atoms with van der Waals surface area (Å²) in [5.74, 6) is 0.772. The van der Waals surface area contributed by atoms with Crippen LogP contribution >= 0.6 is 11.6 Å². The summed E-state index contributed by atoms with van der Waals surface area (Å²) in [5, 5.41) is 11.4. The van der Waals surface area contributed by atoms with Crippen LogP contribution in [0.5, 0.6) is 0 Å². The molecule has 0 aliphatic heterocycles. The van der Waals surface area contributed by atoms with E-state index in [0.29, 0.717) is 27.9 Å². The number of hydrogen-bond acceptors (Lipinski definition) is 4. The highest BCUT2D eigenvalue weighted by Gasteiger charge is 2.10. The zero-order valence-electron chi connectivity index (χ0n) is 14.6. The number of nitrogens with one attached hydrogen (secondary N) is 2. The van der Waals surface area contributed by atoms with Gasteiger partial charge < -0.3 is 4.42 Å². The Morgan fingerprint density at radius 2 is 1.86 bits per heavy atom. The Morgan fingerprint density at radius 1 is 1.04 bits per heavy atom. The van der Waals surface area contributed by atoms with E-state index >= 15 is 0 Å². The van der Waals surface area contributed by atoms with Gasteiger partial charge in [-0.2, -0.15) is 10.2 Å². The number of halogens is 1. The van der Waals surface area contributed by atoms with Gasteiger partial charge in [-0.15, -0.1) is 0 Å². The number of aromatic amines is 1. The van der Waals surface area contributed by atoms with Crippen LogP contribution in [0.25, 0.3) is 22.6 Å². The molecule has 0 unspecified atom stereocenters. The van der Waals surface area contributed by atoms with Gasteiger partial charge in [-0.05, 0) is 30.3 Å². The Hall–Kier alpha value is -3.64. The van der Waals surface area contributed by atoms with Crippen molar-refractivity contribution in [2.24, 2.45) is 5.10 Å². The second-order valence-corrected chi connectivity index (χ2v) is 6.38. The zero-order chi connectivity index (χ0) is 19.3. The average Bonchev–Trinajstić information content (AvgIpc) is 3.39. The highest BCUT2D eigenvalue weighted by Crippen LogP contribution is 2.24. The first kappa shape index (κ1) is 17.8. The van der Waals surface area contributed by atoms with E-state index in [0.717, 1.165) is 11.1 Å². The fourth-order valence-electron chi connectivity index (χ4n) is 2.63. The van der Waals surface area contributed by atoms with Crippen LogP contribution < -0.4 is 5.43 Å². The Morgan fingerprint density at radius 3 is 2.68 bits per heavy atom. The molecule has 0 saturated heterocycles. The van der Waals surface area contributed by atoms with Crippen molar-refractivity contribution in [3.05, 3.63) is 89.3 Å². The minimum absolute atomic E-state index is 0.315. The predicted octanol–water partition coefficient (Wildman–Crippen LogP) is 4.75. The van der Waals surface area contributed by atoms with Crippen LogP contribution in [0.2, 0.25) is 5.02 Å². The molecule has 0 radical (unpaired) electrons. The van der Waals surface area contributed by atoms with Crippen LogP contribution in [0.3, 0.4) is 0 Å². The Bertz CT molecular complexity index is 1130. The van der Waals surface area contributed by atoms with Crippen LogP contribution in [-0.4, -0.2) is 22.3 Å². The molecule has 2 heterocycles. The van der Waals surface area contributed by atoms with Crippen LogP contribution in [0, 0.1) is 0 Å². The highest BCUT2D eigenvalue weighted by molar-refractivity contribution is 6.30. The van der Waals surface area contributed by atoms with Gasteiger partial charge in [0.05, 0.1) is 11.9 Å². The van der Waals surface area contributed by atoms with E-state index in [9.17, 15) is 4.79 Å². The molecule has 2 aromatic heterocycles. The summed E-state index contributed by atoms with van der Waals surface area (Å²) in [7, 11) is 0. The van der Waals surface area contributed by atoms with E-state index in [-0.39, 0.29) is 0 Å². The normalized spacial score (nSPS) is 11.0. The molecule has 0 fully saturated rings. The predicted molar refractivity (Wildman–Crippen MR) is 108 cm³/mol. The zero-order valence-corrected chi connectivity index (χ0v) is 15.4. The van der Waals surface area contributed by atoms with Crippen molar-refractivity contribution in [2.75, 3.05) is 0 Å². The van der Waals surface area contributed by atoms with Gasteiger partial charge in [0.2, 0.25) is 0 Å². The molecule has 0 aliphatic rings. The summed E-state index contributed by atoms with van der Waals surface area (Å²) >= 11 is 6.00. The molecule has 7 heteroatoms. The summed E-state index contributed by atoms with van der Waals surface area (Å²) in [5.41, 5.74) is 5.24. The van der Waals surface area contributed by atoms with Crippen molar-refractivity contribution in [2.45, 2.75) is 0 Å². The van der Waals surface area contributed by atoms with Gasteiger partial charge in [0.25, 0.3) is 5.91 Å². The molecule has 28 heavy (non-hydrogen) atoms. The molecule has 2 N–H and O–H groups in total. The SMILES string of the molecule is O=C(N/N=C/c1ccc(-c2cccc(Cl)c2)o1)c1cc(-c2ccccc2)n[nH]1. The molecule has 0 spiro atoms. The van der Waals surface area contributed by atoms with E-state index < -0.39 is 5.91 Å². The van der Waals surface area contributed by atoms with Crippen molar-refractivity contribution in [3.63, 3.8) is 0 Å². The van der Waals surface area contributed by atoms with Crippen LogP contribution in [0.15, 0.2) is 82.3 Å². The third kappa shape index (κ3) is 4.02. The third-order valence-electron chi connectivity index (χ3n) is 3.99. The van der Waals surface area contributed by atoms with Crippen molar-refractivity contribution < 1.29 is 9.21 Å². The number of furan rings is 1. The van der Waals surface area contributed by atoms with Crippen LogP contribution in [-0.2, 0) is 0 Å². The lowest BCUT2D eigenvalue weighted by molar-refractivity contribution is 0.0950. The van der Waals surface area contributed by atoms with Crippen molar-refractivity contribution in [1.29, 1.82) is 0 Å². The standard InChI is InChI=1S/C21H15ClN4O2/c22-16-8-4-7-15(11-16)20-10-9-17(28-20)13-23-26-21(27)19-12-18(24-25-19)14-5-2-1-3-6-14/h1-13H,(H,24,25)(H,26,27)/b23-13+. The number of carbonyl (C=O) groups excluding carboxylic acids is 1. The smallest absolute Gasteiger partial charge is 0.289 e. The Kier molecular flexibility index (Phi) is 5.03. The molecular formula is C21H15ClN4O2. The molecule has 6 nitrogen and oxygen atoms in total. The summed E-state index contributed by atoms with van der Waals surface area (Å²) in [6, 6.07) is 22.2. The second-order valence-electron chi connectivity index (χ2n) is 5.94. The van der Waals surface area contributed by atoms with Crippen LogP contribution in [0.4, 0.5) is 0 Å². The quantitative estimate of drug-likeness (QED) is 0.381. The minimum atomic E-state index is -0.396. The van der Waals surface area contributed by atoms with Crippen molar-refractivity contribution in [3.8, 4) is 22.6 Å². The highest BCUT2D eigenvalue weighted by atomic mass is 35.5. The number of carbonyl (C=O) groups is 1. The van der Waals surface area contributed by atoms with Crippen molar-refractivity contribution >= 4 is 23.7 Å². The largest absolute Gasteiger partial charge is 0.455 e. The summed E-state index contributed by atoms with van der Waals surface area (Å²) in [4.78, 5) is 12.2. The first-order valence-corrected chi connectivity index (χ1v) is 8.87. The number of nitrogens with zero attached hydrogens (tertiary/aromatic N) is 2. The van der Waals surface area contributed by atoms with E-state index in [1.54, 1.807) is 18.2 Å². The molecule has 0 aliphatic carbocycles. The fourth-order valence-corrected chi connectivity index (χ4v) is 2.82. The topological polar surface area (TPSA) is 83.3 Å². The monoisotopic (exact) mass is 390 g/mol.